The quantitative estimate of drug-likeness (QED) is 0.0764. The van der Waals surface area contributed by atoms with Crippen LogP contribution in [0.1, 0.15) is 48.5 Å². The standard InChI is InChI=1S/C33H34O5/c1-4-25(3)24-26-10-12-27(13-11-26)28-14-20-31(21-15-28)38-33(35)29-16-18-30(19-17-29)36-22-8-6-7-9-23-37-32(34)5-2/h1,5,10-21,25H,2,6-9,22-24H2,3H3. The Bertz CT molecular complexity index is 1220. The summed E-state index contributed by atoms with van der Waals surface area (Å²) >= 11 is 0. The van der Waals surface area contributed by atoms with Crippen molar-refractivity contribution in [3.63, 3.8) is 0 Å². The number of carbonyl (C=O) groups excluding carboxylic acids is 2. The summed E-state index contributed by atoms with van der Waals surface area (Å²) in [7, 11) is 0. The van der Waals surface area contributed by atoms with Crippen molar-refractivity contribution in [3.8, 4) is 35.0 Å². The van der Waals surface area contributed by atoms with Gasteiger partial charge in [0.1, 0.15) is 11.5 Å². The molecule has 3 aromatic rings. The van der Waals surface area contributed by atoms with Gasteiger partial charge in [0.15, 0.2) is 0 Å². The van der Waals surface area contributed by atoms with E-state index in [1.165, 1.54) is 11.6 Å². The second-order valence-corrected chi connectivity index (χ2v) is 9.04. The van der Waals surface area contributed by atoms with Crippen LogP contribution in [0.5, 0.6) is 11.5 Å². The fourth-order valence-electron chi connectivity index (χ4n) is 3.79. The lowest BCUT2D eigenvalue weighted by Gasteiger charge is -2.09. The van der Waals surface area contributed by atoms with Gasteiger partial charge in [-0.1, -0.05) is 49.9 Å². The van der Waals surface area contributed by atoms with Crippen LogP contribution in [0.3, 0.4) is 0 Å². The summed E-state index contributed by atoms with van der Waals surface area (Å²) in [5.74, 6) is 3.34. The van der Waals surface area contributed by atoms with E-state index in [4.69, 9.17) is 20.6 Å². The number of carbonyl (C=O) groups is 2. The van der Waals surface area contributed by atoms with Gasteiger partial charge in [-0.05, 0) is 85.2 Å². The Kier molecular flexibility index (Phi) is 11.2. The average molecular weight is 511 g/mol. The van der Waals surface area contributed by atoms with E-state index in [1.807, 2.05) is 19.1 Å². The molecule has 0 fully saturated rings. The lowest BCUT2D eigenvalue weighted by molar-refractivity contribution is -0.137. The highest BCUT2D eigenvalue weighted by atomic mass is 16.5. The highest BCUT2D eigenvalue weighted by Gasteiger charge is 2.10. The van der Waals surface area contributed by atoms with Crippen molar-refractivity contribution >= 4 is 11.9 Å². The summed E-state index contributed by atoms with van der Waals surface area (Å²) in [4.78, 5) is 23.5. The number of unbranched alkanes of at least 4 members (excludes halogenated alkanes) is 3. The summed E-state index contributed by atoms with van der Waals surface area (Å²) in [5, 5.41) is 0. The second-order valence-electron chi connectivity index (χ2n) is 9.04. The first kappa shape index (κ1) is 28.3. The molecule has 38 heavy (non-hydrogen) atoms. The van der Waals surface area contributed by atoms with Gasteiger partial charge in [-0.25, -0.2) is 9.59 Å². The molecule has 0 aliphatic rings. The Morgan fingerprint density at radius 3 is 2.03 bits per heavy atom. The maximum atomic E-state index is 12.6. The van der Waals surface area contributed by atoms with Crippen LogP contribution in [-0.4, -0.2) is 25.2 Å². The maximum absolute atomic E-state index is 12.6. The largest absolute Gasteiger partial charge is 0.494 e. The SMILES string of the molecule is C#CC(C)Cc1ccc(-c2ccc(OC(=O)c3ccc(OCCCCCCOC(=O)C=C)cc3)cc2)cc1. The van der Waals surface area contributed by atoms with Gasteiger partial charge in [-0.2, -0.15) is 0 Å². The minimum atomic E-state index is -0.423. The normalized spacial score (nSPS) is 11.2. The van der Waals surface area contributed by atoms with E-state index in [0.717, 1.165) is 43.2 Å². The Morgan fingerprint density at radius 2 is 1.42 bits per heavy atom. The molecular formula is C33H34O5. The summed E-state index contributed by atoms with van der Waals surface area (Å²) < 4.78 is 16.2. The van der Waals surface area contributed by atoms with E-state index in [9.17, 15) is 9.59 Å². The molecule has 0 bridgehead atoms. The third-order valence-corrected chi connectivity index (χ3v) is 5.99. The summed E-state index contributed by atoms with van der Waals surface area (Å²) in [6, 6.07) is 22.7. The minimum Gasteiger partial charge on any atom is -0.494 e. The fraction of sp³-hybridized carbons (Fsp3) is 0.273. The first-order valence-corrected chi connectivity index (χ1v) is 12.9. The molecule has 3 aromatic carbocycles. The first-order valence-electron chi connectivity index (χ1n) is 12.9. The van der Waals surface area contributed by atoms with Gasteiger partial charge in [0.25, 0.3) is 0 Å². The molecule has 0 aliphatic carbocycles. The number of rotatable bonds is 14. The van der Waals surface area contributed by atoms with Crippen LogP contribution < -0.4 is 9.47 Å². The van der Waals surface area contributed by atoms with Crippen molar-refractivity contribution in [2.75, 3.05) is 13.2 Å². The lowest BCUT2D eigenvalue weighted by atomic mass is 9.98. The number of terminal acetylenes is 1. The van der Waals surface area contributed by atoms with Gasteiger partial charge in [0.05, 0.1) is 18.8 Å². The predicted octanol–water partition coefficient (Wildman–Crippen LogP) is 7.05. The molecule has 0 spiro atoms. The molecule has 1 unspecified atom stereocenters. The number of ether oxygens (including phenoxy) is 3. The van der Waals surface area contributed by atoms with E-state index in [2.05, 4.69) is 36.8 Å². The molecule has 0 aromatic heterocycles. The number of esters is 2. The Labute approximate surface area is 225 Å². The Morgan fingerprint density at radius 1 is 0.842 bits per heavy atom. The molecule has 0 heterocycles. The van der Waals surface area contributed by atoms with Gasteiger partial charge in [0, 0.05) is 12.0 Å². The van der Waals surface area contributed by atoms with Crippen molar-refractivity contribution < 1.29 is 23.8 Å². The number of hydrogen-bond donors (Lipinski definition) is 0. The molecule has 0 radical (unpaired) electrons. The number of benzene rings is 3. The third kappa shape index (κ3) is 9.29. The zero-order valence-corrected chi connectivity index (χ0v) is 21.9. The predicted molar refractivity (Wildman–Crippen MR) is 150 cm³/mol. The highest BCUT2D eigenvalue weighted by Crippen LogP contribution is 2.24. The topological polar surface area (TPSA) is 61.8 Å². The molecule has 1 atom stereocenters. The van der Waals surface area contributed by atoms with E-state index in [-0.39, 0.29) is 11.9 Å². The molecule has 0 N–H and O–H groups in total. The van der Waals surface area contributed by atoms with Crippen LogP contribution in [0.2, 0.25) is 0 Å². The third-order valence-electron chi connectivity index (χ3n) is 5.99. The van der Waals surface area contributed by atoms with Crippen molar-refractivity contribution in [2.24, 2.45) is 5.92 Å². The van der Waals surface area contributed by atoms with Crippen LogP contribution in [0, 0.1) is 18.3 Å². The van der Waals surface area contributed by atoms with Crippen molar-refractivity contribution in [1.82, 2.24) is 0 Å². The Hall–Kier alpha value is -4.30. The maximum Gasteiger partial charge on any atom is 0.343 e. The van der Waals surface area contributed by atoms with Gasteiger partial charge in [-0.3, -0.25) is 0 Å². The van der Waals surface area contributed by atoms with E-state index in [1.54, 1.807) is 36.4 Å². The molecular weight excluding hydrogens is 476 g/mol. The lowest BCUT2D eigenvalue weighted by Crippen LogP contribution is -2.08. The van der Waals surface area contributed by atoms with Crippen molar-refractivity contribution in [1.29, 1.82) is 0 Å². The molecule has 0 amide bonds. The smallest absolute Gasteiger partial charge is 0.343 e. The highest BCUT2D eigenvalue weighted by molar-refractivity contribution is 5.91. The van der Waals surface area contributed by atoms with Gasteiger partial charge in [-0.15, -0.1) is 12.3 Å². The molecule has 196 valence electrons. The molecule has 0 aliphatic heterocycles. The Balaban J connectivity index is 1.40. The average Bonchev–Trinajstić information content (AvgIpc) is 2.95. The van der Waals surface area contributed by atoms with Crippen LogP contribution in [0.4, 0.5) is 0 Å². The molecule has 5 nitrogen and oxygen atoms in total. The minimum absolute atomic E-state index is 0.211. The summed E-state index contributed by atoms with van der Waals surface area (Å²) in [5.41, 5.74) is 3.79. The molecule has 0 saturated carbocycles. The molecule has 3 rings (SSSR count). The van der Waals surface area contributed by atoms with Gasteiger partial charge in [0.2, 0.25) is 0 Å². The van der Waals surface area contributed by atoms with E-state index < -0.39 is 5.97 Å². The first-order chi connectivity index (χ1) is 18.5. The van der Waals surface area contributed by atoms with Crippen LogP contribution >= 0.6 is 0 Å². The summed E-state index contributed by atoms with van der Waals surface area (Å²) in [6.07, 6.45) is 11.1. The van der Waals surface area contributed by atoms with Gasteiger partial charge < -0.3 is 14.2 Å². The van der Waals surface area contributed by atoms with Gasteiger partial charge >= 0.3 is 11.9 Å². The molecule has 5 heteroatoms. The second kappa shape index (κ2) is 15.1. The fourth-order valence-corrected chi connectivity index (χ4v) is 3.79. The van der Waals surface area contributed by atoms with E-state index >= 15 is 0 Å². The number of hydrogen-bond acceptors (Lipinski definition) is 5. The van der Waals surface area contributed by atoms with Crippen molar-refractivity contribution in [2.45, 2.75) is 39.0 Å². The van der Waals surface area contributed by atoms with Crippen molar-refractivity contribution in [3.05, 3.63) is 96.6 Å². The summed E-state index contributed by atoms with van der Waals surface area (Å²) in [6.45, 7) is 6.39. The van der Waals surface area contributed by atoms with E-state index in [0.29, 0.717) is 30.3 Å². The monoisotopic (exact) mass is 510 g/mol. The van der Waals surface area contributed by atoms with Crippen LogP contribution in [-0.2, 0) is 16.0 Å². The molecule has 0 saturated heterocycles. The zero-order chi connectivity index (χ0) is 27.2. The zero-order valence-electron chi connectivity index (χ0n) is 21.9. The van der Waals surface area contributed by atoms with Crippen LogP contribution in [0.15, 0.2) is 85.5 Å². The van der Waals surface area contributed by atoms with Crippen LogP contribution in [0.25, 0.3) is 11.1 Å².